The first-order valence-corrected chi connectivity index (χ1v) is 7.51. The molecule has 23 heavy (non-hydrogen) atoms. The first-order chi connectivity index (χ1) is 11.0. The summed E-state index contributed by atoms with van der Waals surface area (Å²) in [5.41, 5.74) is 0.928. The molecule has 0 bridgehead atoms. The molecule has 0 amide bonds. The van der Waals surface area contributed by atoms with Crippen molar-refractivity contribution in [1.29, 1.82) is 0 Å². The van der Waals surface area contributed by atoms with E-state index in [-0.39, 0.29) is 6.61 Å². The van der Waals surface area contributed by atoms with E-state index in [0.717, 1.165) is 0 Å². The van der Waals surface area contributed by atoms with Crippen molar-refractivity contribution in [2.24, 2.45) is 0 Å². The Hall–Kier alpha value is -2.50. The van der Waals surface area contributed by atoms with E-state index in [2.05, 4.69) is 0 Å². The predicted molar refractivity (Wildman–Crippen MR) is 83.6 cm³/mol. The molecule has 0 aliphatic carbocycles. The van der Waals surface area contributed by atoms with E-state index >= 15 is 0 Å². The highest BCUT2D eigenvalue weighted by Crippen LogP contribution is 2.30. The SMILES string of the molecule is CCOC(=O)c1c(C)oc2ccc(O[C@H](C)C(=O)OCC)cc12. The van der Waals surface area contributed by atoms with Crippen molar-refractivity contribution in [2.45, 2.75) is 33.8 Å². The Morgan fingerprint density at radius 2 is 1.87 bits per heavy atom. The van der Waals surface area contributed by atoms with E-state index < -0.39 is 18.0 Å². The van der Waals surface area contributed by atoms with Crippen molar-refractivity contribution in [2.75, 3.05) is 13.2 Å². The second kappa shape index (κ2) is 7.17. The van der Waals surface area contributed by atoms with Gasteiger partial charge in [-0.25, -0.2) is 9.59 Å². The lowest BCUT2D eigenvalue weighted by Crippen LogP contribution is -2.26. The van der Waals surface area contributed by atoms with Gasteiger partial charge in [-0.05, 0) is 45.9 Å². The van der Waals surface area contributed by atoms with Crippen LogP contribution in [0.2, 0.25) is 0 Å². The summed E-state index contributed by atoms with van der Waals surface area (Å²) >= 11 is 0. The lowest BCUT2D eigenvalue weighted by molar-refractivity contribution is -0.150. The number of benzene rings is 1. The molecule has 0 unspecified atom stereocenters. The van der Waals surface area contributed by atoms with Gasteiger partial charge < -0.3 is 18.6 Å². The molecule has 0 saturated carbocycles. The molecule has 1 aromatic heterocycles. The Balaban J connectivity index is 2.32. The van der Waals surface area contributed by atoms with Crippen LogP contribution in [0.1, 0.15) is 36.9 Å². The van der Waals surface area contributed by atoms with E-state index in [0.29, 0.717) is 34.6 Å². The monoisotopic (exact) mass is 320 g/mol. The van der Waals surface area contributed by atoms with Crippen molar-refractivity contribution in [3.63, 3.8) is 0 Å². The van der Waals surface area contributed by atoms with E-state index in [4.69, 9.17) is 18.6 Å². The van der Waals surface area contributed by atoms with Gasteiger partial charge >= 0.3 is 11.9 Å². The number of esters is 2. The number of aryl methyl sites for hydroxylation is 1. The molecule has 6 heteroatoms. The minimum absolute atomic E-state index is 0.279. The Bertz CT molecular complexity index is 715. The predicted octanol–water partition coefficient (Wildman–Crippen LogP) is 3.25. The maximum Gasteiger partial charge on any atom is 0.347 e. The van der Waals surface area contributed by atoms with Crippen LogP contribution in [0.3, 0.4) is 0 Å². The van der Waals surface area contributed by atoms with Gasteiger partial charge in [0.1, 0.15) is 22.7 Å². The summed E-state index contributed by atoms with van der Waals surface area (Å²) in [4.78, 5) is 23.7. The number of hydrogen-bond donors (Lipinski definition) is 0. The fourth-order valence-electron chi connectivity index (χ4n) is 2.24. The molecular formula is C17H20O6. The van der Waals surface area contributed by atoms with Crippen molar-refractivity contribution in [1.82, 2.24) is 0 Å². The van der Waals surface area contributed by atoms with Crippen molar-refractivity contribution in [3.05, 3.63) is 29.5 Å². The Labute approximate surface area is 134 Å². The first kappa shape index (κ1) is 16.9. The summed E-state index contributed by atoms with van der Waals surface area (Å²) in [6.07, 6.45) is -0.744. The van der Waals surface area contributed by atoms with Gasteiger partial charge in [0.15, 0.2) is 6.10 Å². The third-order valence-electron chi connectivity index (χ3n) is 3.25. The lowest BCUT2D eigenvalue weighted by Gasteiger charge is -2.13. The van der Waals surface area contributed by atoms with Crippen LogP contribution in [0, 0.1) is 6.92 Å². The fraction of sp³-hybridized carbons (Fsp3) is 0.412. The molecule has 1 atom stereocenters. The molecule has 0 saturated heterocycles. The smallest absolute Gasteiger partial charge is 0.347 e. The molecule has 1 heterocycles. The molecule has 1 aromatic carbocycles. The number of fused-ring (bicyclic) bond motifs is 1. The molecule has 0 aliphatic heterocycles. The largest absolute Gasteiger partial charge is 0.479 e. The van der Waals surface area contributed by atoms with E-state index in [1.54, 1.807) is 45.9 Å². The summed E-state index contributed by atoms with van der Waals surface area (Å²) in [6.45, 7) is 7.35. The molecule has 124 valence electrons. The van der Waals surface area contributed by atoms with Crippen LogP contribution < -0.4 is 4.74 Å². The zero-order chi connectivity index (χ0) is 17.0. The Morgan fingerprint density at radius 3 is 2.52 bits per heavy atom. The van der Waals surface area contributed by atoms with Gasteiger partial charge in [0.2, 0.25) is 0 Å². The van der Waals surface area contributed by atoms with Crippen LogP contribution in [0.4, 0.5) is 0 Å². The summed E-state index contributed by atoms with van der Waals surface area (Å²) in [7, 11) is 0. The molecule has 6 nitrogen and oxygen atoms in total. The van der Waals surface area contributed by atoms with Crippen LogP contribution in [0.15, 0.2) is 22.6 Å². The van der Waals surface area contributed by atoms with Crippen LogP contribution in [0.25, 0.3) is 11.0 Å². The third-order valence-corrected chi connectivity index (χ3v) is 3.25. The highest BCUT2D eigenvalue weighted by Gasteiger charge is 2.21. The second-order valence-corrected chi connectivity index (χ2v) is 4.92. The molecule has 0 spiro atoms. The third kappa shape index (κ3) is 3.64. The van der Waals surface area contributed by atoms with Crippen molar-refractivity contribution < 1.29 is 28.2 Å². The number of carbonyl (C=O) groups is 2. The van der Waals surface area contributed by atoms with Crippen molar-refractivity contribution in [3.8, 4) is 5.75 Å². The molecule has 2 aromatic rings. The molecule has 0 fully saturated rings. The van der Waals surface area contributed by atoms with Crippen molar-refractivity contribution >= 4 is 22.9 Å². The van der Waals surface area contributed by atoms with Gasteiger partial charge in [0.25, 0.3) is 0 Å². The van der Waals surface area contributed by atoms with Gasteiger partial charge in [-0.3, -0.25) is 0 Å². The second-order valence-electron chi connectivity index (χ2n) is 4.92. The standard InChI is InChI=1S/C17H20O6/c1-5-20-16(18)11(4)22-12-7-8-14-13(9-12)15(10(3)23-14)17(19)21-6-2/h7-9,11H,5-6H2,1-4H3/t11-/m1/s1. The zero-order valence-electron chi connectivity index (χ0n) is 13.7. The van der Waals surface area contributed by atoms with Crippen LogP contribution in [-0.2, 0) is 14.3 Å². The van der Waals surface area contributed by atoms with Gasteiger partial charge in [-0.2, -0.15) is 0 Å². The zero-order valence-corrected chi connectivity index (χ0v) is 13.7. The van der Waals surface area contributed by atoms with Crippen LogP contribution in [-0.4, -0.2) is 31.3 Å². The number of rotatable bonds is 6. The van der Waals surface area contributed by atoms with Gasteiger partial charge in [-0.15, -0.1) is 0 Å². The molecular weight excluding hydrogens is 300 g/mol. The average molecular weight is 320 g/mol. The number of ether oxygens (including phenoxy) is 3. The Kier molecular flexibility index (Phi) is 5.26. The summed E-state index contributed by atoms with van der Waals surface area (Å²) in [5, 5.41) is 0.592. The summed E-state index contributed by atoms with van der Waals surface area (Å²) in [5.74, 6) is 0.0411. The minimum Gasteiger partial charge on any atom is -0.479 e. The van der Waals surface area contributed by atoms with Gasteiger partial charge in [0, 0.05) is 5.39 Å². The summed E-state index contributed by atoms with van der Waals surface area (Å²) < 4.78 is 21.1. The van der Waals surface area contributed by atoms with Crippen LogP contribution >= 0.6 is 0 Å². The Morgan fingerprint density at radius 1 is 1.17 bits per heavy atom. The molecule has 0 radical (unpaired) electrons. The minimum atomic E-state index is -0.744. The van der Waals surface area contributed by atoms with E-state index in [1.165, 1.54) is 0 Å². The van der Waals surface area contributed by atoms with Gasteiger partial charge in [-0.1, -0.05) is 0 Å². The number of furan rings is 1. The maximum absolute atomic E-state index is 12.1. The topological polar surface area (TPSA) is 75.0 Å². The van der Waals surface area contributed by atoms with E-state index in [1.807, 2.05) is 0 Å². The normalized spacial score (nSPS) is 12.0. The summed E-state index contributed by atoms with van der Waals surface area (Å²) in [6, 6.07) is 5.03. The highest BCUT2D eigenvalue weighted by atomic mass is 16.6. The lowest BCUT2D eigenvalue weighted by atomic mass is 10.1. The molecule has 0 N–H and O–H groups in total. The average Bonchev–Trinajstić information content (AvgIpc) is 2.83. The number of hydrogen-bond acceptors (Lipinski definition) is 6. The quantitative estimate of drug-likeness (QED) is 0.761. The number of carbonyl (C=O) groups excluding carboxylic acids is 2. The maximum atomic E-state index is 12.1. The molecule has 0 aliphatic rings. The van der Waals surface area contributed by atoms with E-state index in [9.17, 15) is 9.59 Å². The molecule has 2 rings (SSSR count). The first-order valence-electron chi connectivity index (χ1n) is 7.51. The highest BCUT2D eigenvalue weighted by molar-refractivity contribution is 6.04. The van der Waals surface area contributed by atoms with Crippen LogP contribution in [0.5, 0.6) is 5.75 Å². The fourth-order valence-corrected chi connectivity index (χ4v) is 2.24. The van der Waals surface area contributed by atoms with Gasteiger partial charge in [0.05, 0.1) is 13.2 Å².